The Morgan fingerprint density at radius 3 is 3.07 bits per heavy atom. The van der Waals surface area contributed by atoms with Crippen LogP contribution in [-0.2, 0) is 17.6 Å². The van der Waals surface area contributed by atoms with Gasteiger partial charge >= 0.3 is 5.97 Å². The molecule has 7 heteroatoms. The summed E-state index contributed by atoms with van der Waals surface area (Å²) in [6.07, 6.45) is 1.47. The molecule has 1 aromatic heterocycles. The van der Waals surface area contributed by atoms with Crippen molar-refractivity contribution in [1.29, 1.82) is 0 Å². The van der Waals surface area contributed by atoms with Crippen LogP contribution in [0.1, 0.15) is 5.82 Å². The SMILES string of the molecule is Cn1ncnc1CSCC(N)C(=O)O. The molecule has 0 spiro atoms. The second kappa shape index (κ2) is 4.97. The lowest BCUT2D eigenvalue weighted by atomic mass is 10.4. The molecule has 0 saturated heterocycles. The Morgan fingerprint density at radius 1 is 1.86 bits per heavy atom. The number of aromatic nitrogens is 3. The van der Waals surface area contributed by atoms with E-state index in [1.807, 2.05) is 0 Å². The molecule has 1 rings (SSSR count). The predicted octanol–water partition coefficient (Wildman–Crippen LogP) is -0.540. The van der Waals surface area contributed by atoms with E-state index in [0.717, 1.165) is 5.82 Å². The first-order valence-electron chi connectivity index (χ1n) is 4.00. The molecular weight excluding hydrogens is 204 g/mol. The van der Waals surface area contributed by atoms with Crippen LogP contribution < -0.4 is 5.73 Å². The van der Waals surface area contributed by atoms with E-state index in [1.54, 1.807) is 11.7 Å². The summed E-state index contributed by atoms with van der Waals surface area (Å²) in [5.74, 6) is 0.836. The lowest BCUT2D eigenvalue weighted by Crippen LogP contribution is -2.32. The van der Waals surface area contributed by atoms with Gasteiger partial charge in [-0.1, -0.05) is 0 Å². The van der Waals surface area contributed by atoms with E-state index in [9.17, 15) is 4.79 Å². The predicted molar refractivity (Wildman–Crippen MR) is 52.8 cm³/mol. The number of aryl methyl sites for hydroxylation is 1. The number of thioether (sulfide) groups is 1. The van der Waals surface area contributed by atoms with Gasteiger partial charge < -0.3 is 10.8 Å². The topological polar surface area (TPSA) is 94.0 Å². The van der Waals surface area contributed by atoms with Crippen LogP contribution in [0.5, 0.6) is 0 Å². The molecule has 0 amide bonds. The molecule has 6 nitrogen and oxygen atoms in total. The van der Waals surface area contributed by atoms with E-state index in [-0.39, 0.29) is 0 Å². The van der Waals surface area contributed by atoms with Crippen LogP contribution in [0.15, 0.2) is 6.33 Å². The molecule has 1 aromatic rings. The highest BCUT2D eigenvalue weighted by molar-refractivity contribution is 7.98. The lowest BCUT2D eigenvalue weighted by molar-refractivity contribution is -0.137. The Hall–Kier alpha value is -1.08. The summed E-state index contributed by atoms with van der Waals surface area (Å²) in [4.78, 5) is 14.4. The smallest absolute Gasteiger partial charge is 0.321 e. The Labute approximate surface area is 85.5 Å². The number of hydrogen-bond acceptors (Lipinski definition) is 5. The zero-order valence-electron chi connectivity index (χ0n) is 7.75. The van der Waals surface area contributed by atoms with Crippen molar-refractivity contribution < 1.29 is 9.90 Å². The summed E-state index contributed by atoms with van der Waals surface area (Å²) in [6, 6.07) is -0.812. The van der Waals surface area contributed by atoms with Crippen LogP contribution in [0.3, 0.4) is 0 Å². The van der Waals surface area contributed by atoms with Crippen molar-refractivity contribution in [2.24, 2.45) is 12.8 Å². The van der Waals surface area contributed by atoms with Gasteiger partial charge in [0, 0.05) is 12.8 Å². The minimum atomic E-state index is -0.976. The fourth-order valence-corrected chi connectivity index (χ4v) is 1.76. The fraction of sp³-hybridized carbons (Fsp3) is 0.571. The molecule has 1 atom stereocenters. The summed E-state index contributed by atoms with van der Waals surface area (Å²) in [7, 11) is 1.79. The van der Waals surface area contributed by atoms with Gasteiger partial charge in [-0.25, -0.2) is 4.98 Å². The zero-order valence-corrected chi connectivity index (χ0v) is 8.57. The monoisotopic (exact) mass is 216 g/mol. The summed E-state index contributed by atoms with van der Waals surface area (Å²) in [6.45, 7) is 0. The second-order valence-corrected chi connectivity index (χ2v) is 3.79. The summed E-state index contributed by atoms with van der Waals surface area (Å²) < 4.78 is 1.65. The Morgan fingerprint density at radius 2 is 2.57 bits per heavy atom. The molecule has 3 N–H and O–H groups in total. The summed E-state index contributed by atoms with van der Waals surface area (Å²) in [5.41, 5.74) is 5.33. The van der Waals surface area contributed by atoms with Crippen molar-refractivity contribution in [3.63, 3.8) is 0 Å². The van der Waals surface area contributed by atoms with E-state index < -0.39 is 12.0 Å². The average molecular weight is 216 g/mol. The first-order chi connectivity index (χ1) is 6.61. The lowest BCUT2D eigenvalue weighted by Gasteiger charge is -2.04. The normalized spacial score (nSPS) is 12.7. The van der Waals surface area contributed by atoms with Gasteiger partial charge in [-0.3, -0.25) is 9.48 Å². The molecular formula is C7H12N4O2S. The third kappa shape index (κ3) is 3.00. The number of carboxylic acid groups (broad SMARTS) is 1. The molecule has 0 aromatic carbocycles. The van der Waals surface area contributed by atoms with Gasteiger partial charge in [-0.15, -0.1) is 0 Å². The van der Waals surface area contributed by atoms with Crippen LogP contribution in [-0.4, -0.2) is 37.6 Å². The molecule has 0 aliphatic heterocycles. The van der Waals surface area contributed by atoms with E-state index in [2.05, 4.69) is 10.1 Å². The van der Waals surface area contributed by atoms with E-state index in [0.29, 0.717) is 11.5 Å². The number of rotatable bonds is 5. The molecule has 0 saturated carbocycles. The minimum Gasteiger partial charge on any atom is -0.480 e. The van der Waals surface area contributed by atoms with Gasteiger partial charge in [0.2, 0.25) is 0 Å². The summed E-state index contributed by atoms with van der Waals surface area (Å²) in [5, 5.41) is 12.4. The Bertz CT molecular complexity index is 314. The highest BCUT2D eigenvalue weighted by atomic mass is 32.2. The molecule has 0 fully saturated rings. The van der Waals surface area contributed by atoms with Gasteiger partial charge in [0.15, 0.2) is 0 Å². The molecule has 0 radical (unpaired) electrons. The van der Waals surface area contributed by atoms with Crippen molar-refractivity contribution in [3.05, 3.63) is 12.2 Å². The highest BCUT2D eigenvalue weighted by Gasteiger charge is 2.11. The third-order valence-electron chi connectivity index (χ3n) is 1.65. The van der Waals surface area contributed by atoms with Gasteiger partial charge in [-0.05, 0) is 0 Å². The molecule has 0 aliphatic rings. The van der Waals surface area contributed by atoms with Crippen LogP contribution in [0.4, 0.5) is 0 Å². The van der Waals surface area contributed by atoms with Gasteiger partial charge in [-0.2, -0.15) is 16.9 Å². The number of carbonyl (C=O) groups is 1. The molecule has 14 heavy (non-hydrogen) atoms. The standard InChI is InChI=1S/C7H12N4O2S/c1-11-6(9-4-10-11)3-14-2-5(8)7(12)13/h4-5H,2-3,8H2,1H3,(H,12,13). The summed E-state index contributed by atoms with van der Waals surface area (Å²) >= 11 is 1.43. The van der Waals surface area contributed by atoms with Crippen molar-refractivity contribution >= 4 is 17.7 Å². The first kappa shape index (κ1) is 11.0. The number of nitrogens with two attached hydrogens (primary N) is 1. The Kier molecular flexibility index (Phi) is 3.90. The van der Waals surface area contributed by atoms with Crippen LogP contribution >= 0.6 is 11.8 Å². The van der Waals surface area contributed by atoms with E-state index in [4.69, 9.17) is 10.8 Å². The minimum absolute atomic E-state index is 0.377. The quantitative estimate of drug-likeness (QED) is 0.686. The largest absolute Gasteiger partial charge is 0.480 e. The molecule has 78 valence electrons. The van der Waals surface area contributed by atoms with Crippen molar-refractivity contribution in [3.8, 4) is 0 Å². The van der Waals surface area contributed by atoms with Crippen LogP contribution in [0.25, 0.3) is 0 Å². The second-order valence-electron chi connectivity index (χ2n) is 2.76. The van der Waals surface area contributed by atoms with E-state index in [1.165, 1.54) is 18.1 Å². The number of carboxylic acids is 1. The van der Waals surface area contributed by atoms with Crippen molar-refractivity contribution in [1.82, 2.24) is 14.8 Å². The molecule has 1 heterocycles. The van der Waals surface area contributed by atoms with Crippen LogP contribution in [0, 0.1) is 0 Å². The van der Waals surface area contributed by atoms with E-state index >= 15 is 0 Å². The van der Waals surface area contributed by atoms with Crippen LogP contribution in [0.2, 0.25) is 0 Å². The van der Waals surface area contributed by atoms with Gasteiger partial charge in [0.25, 0.3) is 0 Å². The maximum absolute atomic E-state index is 10.4. The van der Waals surface area contributed by atoms with Crippen molar-refractivity contribution in [2.75, 3.05) is 5.75 Å². The number of aliphatic carboxylic acids is 1. The van der Waals surface area contributed by atoms with Gasteiger partial charge in [0.05, 0.1) is 5.75 Å². The maximum Gasteiger partial charge on any atom is 0.321 e. The molecule has 1 unspecified atom stereocenters. The molecule has 0 bridgehead atoms. The maximum atomic E-state index is 10.4. The average Bonchev–Trinajstić information content (AvgIpc) is 2.51. The zero-order chi connectivity index (χ0) is 10.6. The third-order valence-corrected chi connectivity index (χ3v) is 2.71. The fourth-order valence-electron chi connectivity index (χ4n) is 0.799. The number of nitrogens with zero attached hydrogens (tertiary/aromatic N) is 3. The van der Waals surface area contributed by atoms with Crippen molar-refractivity contribution in [2.45, 2.75) is 11.8 Å². The Balaban J connectivity index is 2.29. The molecule has 0 aliphatic carbocycles. The van der Waals surface area contributed by atoms with Gasteiger partial charge in [0.1, 0.15) is 18.2 Å². The first-order valence-corrected chi connectivity index (χ1v) is 5.15. The highest BCUT2D eigenvalue weighted by Crippen LogP contribution is 2.09. The number of hydrogen-bond donors (Lipinski definition) is 2.